The van der Waals surface area contributed by atoms with E-state index in [1.807, 2.05) is 0 Å². The zero-order chi connectivity index (χ0) is 23.8. The molecule has 1 saturated heterocycles. The molecule has 2 aromatic rings. The number of amides is 2. The Kier molecular flexibility index (Phi) is 6.14. The van der Waals surface area contributed by atoms with E-state index >= 15 is 0 Å². The number of aromatic nitrogens is 1. The Morgan fingerprint density at radius 3 is 2.59 bits per heavy atom. The van der Waals surface area contributed by atoms with Crippen molar-refractivity contribution in [2.45, 2.75) is 43.8 Å². The maximum Gasteiger partial charge on any atom is 0.273 e. The molecule has 1 aliphatic heterocycles. The lowest BCUT2D eigenvalue weighted by Gasteiger charge is -2.30. The van der Waals surface area contributed by atoms with Gasteiger partial charge in [-0.05, 0) is 31.5 Å². The van der Waals surface area contributed by atoms with Gasteiger partial charge in [-0.15, -0.1) is 0 Å². The maximum absolute atomic E-state index is 14.4. The summed E-state index contributed by atoms with van der Waals surface area (Å²) in [5.74, 6) is -9.11. The first-order valence-corrected chi connectivity index (χ1v) is 9.52. The smallest absolute Gasteiger partial charge is 0.273 e. The topological polar surface area (TPSA) is 104 Å². The number of hydrogen-bond donors (Lipinski definition) is 2. The Bertz CT molecular complexity index is 1060. The van der Waals surface area contributed by atoms with Crippen LogP contribution in [0.25, 0.3) is 0 Å². The van der Waals surface area contributed by atoms with Gasteiger partial charge >= 0.3 is 0 Å². The van der Waals surface area contributed by atoms with Gasteiger partial charge in [0.25, 0.3) is 17.7 Å². The number of ether oxygens (including phenoxy) is 2. The average molecular weight is 455 g/mol. The first-order valence-electron chi connectivity index (χ1n) is 9.52. The van der Waals surface area contributed by atoms with Crippen molar-refractivity contribution in [3.05, 3.63) is 53.4 Å². The number of rotatable bonds is 6. The normalized spacial score (nSPS) is 23.1. The third-order valence-corrected chi connectivity index (χ3v) is 5.51. The number of benzene rings is 1. The van der Waals surface area contributed by atoms with Crippen LogP contribution in [-0.4, -0.2) is 41.5 Å². The molecule has 0 saturated carbocycles. The highest BCUT2D eigenvalue weighted by atomic mass is 19.3. The van der Waals surface area contributed by atoms with E-state index in [9.17, 15) is 27.2 Å². The van der Waals surface area contributed by atoms with Gasteiger partial charge in [0, 0.05) is 30.3 Å². The molecule has 2 amide bonds. The number of nitrogens with two attached hydrogens (primary N) is 1. The van der Waals surface area contributed by atoms with Crippen LogP contribution in [0.4, 0.5) is 23.2 Å². The molecule has 0 spiro atoms. The molecule has 1 aliphatic rings. The highest BCUT2D eigenvalue weighted by molar-refractivity contribution is 5.97. The van der Waals surface area contributed by atoms with E-state index in [1.54, 1.807) is 0 Å². The number of nitrogens with zero attached hydrogens (tertiary/aromatic N) is 1. The molecule has 11 heteroatoms. The second-order valence-electron chi connectivity index (χ2n) is 7.74. The predicted molar refractivity (Wildman–Crippen MR) is 106 cm³/mol. The van der Waals surface area contributed by atoms with Crippen LogP contribution in [-0.2, 0) is 9.53 Å². The molecule has 7 nitrogen and oxygen atoms in total. The Morgan fingerprint density at radius 1 is 1.31 bits per heavy atom. The summed E-state index contributed by atoms with van der Waals surface area (Å²) in [6.45, 7) is 1.78. The molecular formula is C21H21F4N3O4. The van der Waals surface area contributed by atoms with E-state index < -0.39 is 52.7 Å². The monoisotopic (exact) mass is 455 g/mol. The molecule has 32 heavy (non-hydrogen) atoms. The first kappa shape index (κ1) is 23.5. The summed E-state index contributed by atoms with van der Waals surface area (Å²) < 4.78 is 67.2. The van der Waals surface area contributed by atoms with Gasteiger partial charge in [0.05, 0.1) is 7.11 Å². The van der Waals surface area contributed by atoms with Crippen LogP contribution < -0.4 is 15.8 Å². The van der Waals surface area contributed by atoms with Gasteiger partial charge < -0.3 is 20.5 Å². The minimum absolute atomic E-state index is 0.00655. The Hall–Kier alpha value is -3.21. The fraction of sp³-hybridized carbons (Fsp3) is 0.381. The minimum atomic E-state index is -3.36. The number of alkyl halides is 2. The van der Waals surface area contributed by atoms with E-state index in [0.29, 0.717) is 6.92 Å². The van der Waals surface area contributed by atoms with E-state index in [4.69, 9.17) is 15.2 Å². The summed E-state index contributed by atoms with van der Waals surface area (Å²) in [4.78, 5) is 28.1. The van der Waals surface area contributed by atoms with Crippen molar-refractivity contribution in [2.75, 3.05) is 12.4 Å². The second kappa shape index (κ2) is 8.38. The number of carbonyl (C=O) groups is 2. The van der Waals surface area contributed by atoms with Gasteiger partial charge in [0.1, 0.15) is 17.4 Å². The van der Waals surface area contributed by atoms with Crippen molar-refractivity contribution < 1.29 is 36.6 Å². The first-order chi connectivity index (χ1) is 14.9. The molecule has 2 heterocycles. The maximum atomic E-state index is 14.4. The SMILES string of the molecule is COc1c([C@@H]2C[C@](C)(C(C)(F)F)O[C@H]2C(=O)Nc2ccnc(C(N)=O)c2)ccc(F)c1F. The largest absolute Gasteiger partial charge is 0.493 e. The molecule has 3 atom stereocenters. The summed E-state index contributed by atoms with van der Waals surface area (Å²) in [6, 6.07) is 4.56. The Labute approximate surface area is 180 Å². The Morgan fingerprint density at radius 2 is 2.00 bits per heavy atom. The number of carbonyl (C=O) groups excluding carboxylic acids is 2. The van der Waals surface area contributed by atoms with Gasteiger partial charge in [0.15, 0.2) is 11.6 Å². The summed E-state index contributed by atoms with van der Waals surface area (Å²) in [6.07, 6.45) is -0.653. The summed E-state index contributed by atoms with van der Waals surface area (Å²) in [5.41, 5.74) is 3.10. The molecule has 0 aliphatic carbocycles. The van der Waals surface area contributed by atoms with Crippen LogP contribution in [0.1, 0.15) is 42.2 Å². The van der Waals surface area contributed by atoms with E-state index in [2.05, 4.69) is 10.3 Å². The minimum Gasteiger partial charge on any atom is -0.493 e. The molecule has 1 fully saturated rings. The standard InChI is InChI=1S/C21H21F4N3O4/c1-20(21(2,24)25)9-12(11-4-5-13(22)15(23)16(11)31-3)17(32-20)19(30)28-10-6-7-27-14(8-10)18(26)29/h4-8,12,17H,9H2,1-3H3,(H2,26,29)(H,27,28,30)/t12-,17+,20+/m0/s1. The van der Waals surface area contributed by atoms with Crippen LogP contribution in [0.2, 0.25) is 0 Å². The number of nitrogens with one attached hydrogen (secondary N) is 1. The summed E-state index contributed by atoms with van der Waals surface area (Å²) >= 11 is 0. The molecule has 0 unspecified atom stereocenters. The van der Waals surface area contributed by atoms with Crippen molar-refractivity contribution >= 4 is 17.5 Å². The third-order valence-electron chi connectivity index (χ3n) is 5.51. The fourth-order valence-electron chi connectivity index (χ4n) is 3.63. The summed E-state index contributed by atoms with van der Waals surface area (Å²) in [5, 5.41) is 2.47. The highest BCUT2D eigenvalue weighted by Crippen LogP contribution is 2.50. The second-order valence-corrected chi connectivity index (χ2v) is 7.74. The van der Waals surface area contributed by atoms with Crippen LogP contribution in [0.15, 0.2) is 30.5 Å². The molecule has 1 aromatic heterocycles. The van der Waals surface area contributed by atoms with Crippen LogP contribution in [0.3, 0.4) is 0 Å². The number of methoxy groups -OCH3 is 1. The highest BCUT2D eigenvalue weighted by Gasteiger charge is 2.58. The lowest BCUT2D eigenvalue weighted by Crippen LogP contribution is -2.44. The molecule has 3 N–H and O–H groups in total. The fourth-order valence-corrected chi connectivity index (χ4v) is 3.63. The molecule has 1 aromatic carbocycles. The lowest BCUT2D eigenvalue weighted by molar-refractivity contribution is -0.184. The quantitative estimate of drug-likeness (QED) is 0.650. The van der Waals surface area contributed by atoms with Crippen LogP contribution in [0, 0.1) is 11.6 Å². The molecular weight excluding hydrogens is 434 g/mol. The van der Waals surface area contributed by atoms with Crippen molar-refractivity contribution in [2.24, 2.45) is 5.73 Å². The van der Waals surface area contributed by atoms with E-state index in [-0.39, 0.29) is 23.4 Å². The zero-order valence-corrected chi connectivity index (χ0v) is 17.4. The number of hydrogen-bond acceptors (Lipinski definition) is 5. The van der Waals surface area contributed by atoms with Crippen molar-refractivity contribution in [1.29, 1.82) is 0 Å². The Balaban J connectivity index is 2.01. The lowest BCUT2D eigenvalue weighted by atomic mass is 9.84. The summed E-state index contributed by atoms with van der Waals surface area (Å²) in [7, 11) is 1.10. The van der Waals surface area contributed by atoms with Crippen molar-refractivity contribution in [3.8, 4) is 5.75 Å². The van der Waals surface area contributed by atoms with Crippen LogP contribution in [0.5, 0.6) is 5.75 Å². The van der Waals surface area contributed by atoms with Gasteiger partial charge in [-0.1, -0.05) is 6.07 Å². The molecule has 3 rings (SSSR count). The number of primary amides is 1. The predicted octanol–water partition coefficient (Wildman–Crippen LogP) is 3.39. The third kappa shape index (κ3) is 4.24. The number of anilines is 1. The molecule has 172 valence electrons. The average Bonchev–Trinajstić information content (AvgIpc) is 3.09. The zero-order valence-electron chi connectivity index (χ0n) is 17.4. The van der Waals surface area contributed by atoms with Gasteiger partial charge in [-0.2, -0.15) is 4.39 Å². The van der Waals surface area contributed by atoms with Crippen molar-refractivity contribution in [1.82, 2.24) is 4.98 Å². The number of halogens is 4. The van der Waals surface area contributed by atoms with Gasteiger partial charge in [0.2, 0.25) is 5.82 Å². The van der Waals surface area contributed by atoms with E-state index in [0.717, 1.165) is 20.1 Å². The van der Waals surface area contributed by atoms with E-state index in [1.165, 1.54) is 24.4 Å². The van der Waals surface area contributed by atoms with Gasteiger partial charge in [-0.25, -0.2) is 13.2 Å². The number of pyridine rings is 1. The molecule has 0 radical (unpaired) electrons. The molecule has 0 bridgehead atoms. The van der Waals surface area contributed by atoms with Gasteiger partial charge in [-0.3, -0.25) is 14.6 Å². The van der Waals surface area contributed by atoms with Crippen LogP contribution >= 0.6 is 0 Å². The van der Waals surface area contributed by atoms with Crippen molar-refractivity contribution in [3.63, 3.8) is 0 Å².